The third-order valence-electron chi connectivity index (χ3n) is 2.88. The Hall–Kier alpha value is -3.62. The number of amides is 2. The molecule has 0 fully saturated rings. The monoisotopic (exact) mass is 324 g/mol. The van der Waals surface area contributed by atoms with E-state index in [1.54, 1.807) is 24.3 Å². The van der Waals surface area contributed by atoms with Gasteiger partial charge >= 0.3 is 11.8 Å². The molecule has 3 rings (SSSR count). The van der Waals surface area contributed by atoms with E-state index in [-0.39, 0.29) is 17.6 Å². The van der Waals surface area contributed by atoms with Gasteiger partial charge in [0.05, 0.1) is 6.20 Å². The van der Waals surface area contributed by atoms with Crippen LogP contribution in [-0.4, -0.2) is 31.9 Å². The van der Waals surface area contributed by atoms with Gasteiger partial charge in [0.15, 0.2) is 0 Å². The molecule has 0 spiro atoms. The highest BCUT2D eigenvalue weighted by atomic mass is 16.5. The van der Waals surface area contributed by atoms with Gasteiger partial charge in [-0.25, -0.2) is 4.98 Å². The standard InChI is InChI=1S/C15H12N6O3/c1-9(22)18-10-2-4-11(5-3-10)19-14(23)15-20-13(21-24-15)12-8-16-6-7-17-12/h2-8H,1H3,(H,18,22)(H,19,23). The molecule has 1 aromatic carbocycles. The van der Waals surface area contributed by atoms with Crippen molar-refractivity contribution in [2.75, 3.05) is 10.6 Å². The minimum atomic E-state index is -0.551. The molecule has 0 radical (unpaired) electrons. The maximum absolute atomic E-state index is 12.1. The molecule has 2 aromatic heterocycles. The van der Waals surface area contributed by atoms with Crippen molar-refractivity contribution in [1.82, 2.24) is 20.1 Å². The highest BCUT2D eigenvalue weighted by molar-refractivity contribution is 6.01. The van der Waals surface area contributed by atoms with Crippen molar-refractivity contribution >= 4 is 23.2 Å². The van der Waals surface area contributed by atoms with Crippen LogP contribution in [-0.2, 0) is 4.79 Å². The van der Waals surface area contributed by atoms with E-state index in [9.17, 15) is 9.59 Å². The number of rotatable bonds is 4. The lowest BCUT2D eigenvalue weighted by Gasteiger charge is -2.04. The van der Waals surface area contributed by atoms with Gasteiger partial charge in [0.2, 0.25) is 11.7 Å². The molecule has 0 atom stereocenters. The lowest BCUT2D eigenvalue weighted by Crippen LogP contribution is -2.12. The maximum Gasteiger partial charge on any atom is 0.316 e. The van der Waals surface area contributed by atoms with E-state index in [0.717, 1.165) is 0 Å². The molecule has 24 heavy (non-hydrogen) atoms. The number of anilines is 2. The van der Waals surface area contributed by atoms with E-state index in [1.165, 1.54) is 25.5 Å². The van der Waals surface area contributed by atoms with E-state index in [4.69, 9.17) is 4.52 Å². The summed E-state index contributed by atoms with van der Waals surface area (Å²) in [5.74, 6) is -0.741. The molecule has 120 valence electrons. The number of hydrogen-bond donors (Lipinski definition) is 2. The Labute approximate surface area is 136 Å². The first-order valence-corrected chi connectivity index (χ1v) is 6.91. The lowest BCUT2D eigenvalue weighted by molar-refractivity contribution is -0.114. The first kappa shape index (κ1) is 15.3. The number of nitrogens with zero attached hydrogens (tertiary/aromatic N) is 4. The Balaban J connectivity index is 1.69. The number of benzene rings is 1. The summed E-state index contributed by atoms with van der Waals surface area (Å²) in [4.78, 5) is 35.0. The summed E-state index contributed by atoms with van der Waals surface area (Å²) in [7, 11) is 0. The van der Waals surface area contributed by atoms with E-state index >= 15 is 0 Å². The van der Waals surface area contributed by atoms with Crippen LogP contribution in [0.5, 0.6) is 0 Å². The Morgan fingerprint density at radius 3 is 2.38 bits per heavy atom. The molecule has 9 heteroatoms. The molecule has 0 unspecified atom stereocenters. The van der Waals surface area contributed by atoms with E-state index in [0.29, 0.717) is 17.1 Å². The number of carbonyl (C=O) groups is 2. The highest BCUT2D eigenvalue weighted by Crippen LogP contribution is 2.15. The molecule has 0 aliphatic carbocycles. The van der Waals surface area contributed by atoms with Crippen LogP contribution in [0.25, 0.3) is 11.5 Å². The van der Waals surface area contributed by atoms with Crippen LogP contribution in [0.1, 0.15) is 17.6 Å². The van der Waals surface area contributed by atoms with Crippen molar-refractivity contribution < 1.29 is 14.1 Å². The summed E-state index contributed by atoms with van der Waals surface area (Å²) in [5.41, 5.74) is 1.55. The maximum atomic E-state index is 12.1. The van der Waals surface area contributed by atoms with Crippen LogP contribution in [0.3, 0.4) is 0 Å². The topological polar surface area (TPSA) is 123 Å². The van der Waals surface area contributed by atoms with E-state index < -0.39 is 5.91 Å². The number of nitrogens with one attached hydrogen (secondary N) is 2. The average Bonchev–Trinajstić information content (AvgIpc) is 3.07. The average molecular weight is 324 g/mol. The number of aromatic nitrogens is 4. The van der Waals surface area contributed by atoms with Gasteiger partial charge in [-0.2, -0.15) is 4.98 Å². The van der Waals surface area contributed by atoms with Gasteiger partial charge in [-0.1, -0.05) is 5.16 Å². The molecular formula is C15H12N6O3. The molecule has 0 aliphatic heterocycles. The molecule has 0 saturated carbocycles. The summed E-state index contributed by atoms with van der Waals surface area (Å²) in [5, 5.41) is 8.95. The van der Waals surface area contributed by atoms with Crippen molar-refractivity contribution in [3.63, 3.8) is 0 Å². The van der Waals surface area contributed by atoms with Gasteiger partial charge in [-0.15, -0.1) is 0 Å². The van der Waals surface area contributed by atoms with E-state index in [2.05, 4.69) is 30.7 Å². The first-order valence-electron chi connectivity index (χ1n) is 6.91. The molecule has 0 aliphatic rings. The van der Waals surface area contributed by atoms with E-state index in [1.807, 2.05) is 0 Å². The summed E-state index contributed by atoms with van der Waals surface area (Å²) >= 11 is 0. The minimum Gasteiger partial charge on any atom is -0.328 e. The zero-order valence-electron chi connectivity index (χ0n) is 12.6. The Morgan fingerprint density at radius 2 is 1.75 bits per heavy atom. The molecule has 0 saturated heterocycles. The molecule has 9 nitrogen and oxygen atoms in total. The zero-order chi connectivity index (χ0) is 16.9. The molecule has 3 aromatic rings. The molecule has 2 amide bonds. The normalized spacial score (nSPS) is 10.2. The fraction of sp³-hybridized carbons (Fsp3) is 0.0667. The van der Waals surface area contributed by atoms with Crippen LogP contribution in [0.4, 0.5) is 11.4 Å². The van der Waals surface area contributed by atoms with Gasteiger partial charge in [0, 0.05) is 30.7 Å². The molecule has 2 heterocycles. The number of hydrogen-bond acceptors (Lipinski definition) is 7. The summed E-state index contributed by atoms with van der Waals surface area (Å²) in [6.07, 6.45) is 4.47. The van der Waals surface area contributed by atoms with Gasteiger partial charge in [-0.3, -0.25) is 14.6 Å². The quantitative estimate of drug-likeness (QED) is 0.749. The second kappa shape index (κ2) is 6.65. The van der Waals surface area contributed by atoms with Crippen LogP contribution in [0.2, 0.25) is 0 Å². The molecule has 2 N–H and O–H groups in total. The predicted octanol–water partition coefficient (Wildman–Crippen LogP) is 1.74. The number of carbonyl (C=O) groups excluding carboxylic acids is 2. The van der Waals surface area contributed by atoms with Gasteiger partial charge in [0.1, 0.15) is 5.69 Å². The lowest BCUT2D eigenvalue weighted by atomic mass is 10.2. The second-order valence-corrected chi connectivity index (χ2v) is 4.73. The third kappa shape index (κ3) is 3.58. The zero-order valence-corrected chi connectivity index (χ0v) is 12.6. The van der Waals surface area contributed by atoms with Crippen molar-refractivity contribution in [2.24, 2.45) is 0 Å². The minimum absolute atomic E-state index is 0.172. The smallest absolute Gasteiger partial charge is 0.316 e. The Kier molecular flexibility index (Phi) is 4.23. The third-order valence-corrected chi connectivity index (χ3v) is 2.88. The Morgan fingerprint density at radius 1 is 1.04 bits per heavy atom. The fourth-order valence-corrected chi connectivity index (χ4v) is 1.86. The second-order valence-electron chi connectivity index (χ2n) is 4.73. The van der Waals surface area contributed by atoms with Gasteiger partial charge < -0.3 is 15.2 Å². The Bertz CT molecular complexity index is 860. The van der Waals surface area contributed by atoms with Crippen LogP contribution < -0.4 is 10.6 Å². The van der Waals surface area contributed by atoms with Crippen molar-refractivity contribution in [3.05, 3.63) is 48.7 Å². The summed E-state index contributed by atoms with van der Waals surface area (Å²) in [6.45, 7) is 1.42. The summed E-state index contributed by atoms with van der Waals surface area (Å²) in [6, 6.07) is 6.61. The molecular weight excluding hydrogens is 312 g/mol. The summed E-state index contributed by atoms with van der Waals surface area (Å²) < 4.78 is 4.93. The molecule has 0 bridgehead atoms. The van der Waals surface area contributed by atoms with Crippen LogP contribution in [0, 0.1) is 0 Å². The van der Waals surface area contributed by atoms with Crippen LogP contribution >= 0.6 is 0 Å². The van der Waals surface area contributed by atoms with Crippen LogP contribution in [0.15, 0.2) is 47.4 Å². The largest absolute Gasteiger partial charge is 0.328 e. The highest BCUT2D eigenvalue weighted by Gasteiger charge is 2.17. The van der Waals surface area contributed by atoms with Gasteiger partial charge in [0.25, 0.3) is 0 Å². The van der Waals surface area contributed by atoms with Gasteiger partial charge in [-0.05, 0) is 24.3 Å². The fourth-order valence-electron chi connectivity index (χ4n) is 1.86. The van der Waals surface area contributed by atoms with Crippen molar-refractivity contribution in [3.8, 4) is 11.5 Å². The van der Waals surface area contributed by atoms with Crippen molar-refractivity contribution in [2.45, 2.75) is 6.92 Å². The first-order chi connectivity index (χ1) is 11.6. The SMILES string of the molecule is CC(=O)Nc1ccc(NC(=O)c2nc(-c3cnccn3)no2)cc1. The van der Waals surface area contributed by atoms with Crippen molar-refractivity contribution in [1.29, 1.82) is 0 Å². The predicted molar refractivity (Wildman–Crippen MR) is 84.0 cm³/mol.